The van der Waals surface area contributed by atoms with Gasteiger partial charge in [0.25, 0.3) is 0 Å². The first-order valence-electron chi connectivity index (χ1n) is 3.76. The molecule has 0 amide bonds. The van der Waals surface area contributed by atoms with E-state index in [2.05, 4.69) is 4.98 Å². The predicted octanol–water partition coefficient (Wildman–Crippen LogP) is 1.30. The summed E-state index contributed by atoms with van der Waals surface area (Å²) in [6, 6.07) is 2.00. The van der Waals surface area contributed by atoms with E-state index < -0.39 is 5.92 Å². The van der Waals surface area contributed by atoms with E-state index >= 15 is 0 Å². The van der Waals surface area contributed by atoms with Crippen molar-refractivity contribution in [2.45, 2.75) is 19.3 Å². The number of aliphatic hydroxyl groups excluding tert-OH is 1. The third-order valence-corrected chi connectivity index (χ3v) is 2.58. The Morgan fingerprint density at radius 2 is 2.58 bits per heavy atom. The summed E-state index contributed by atoms with van der Waals surface area (Å²) in [6.07, 6.45) is 0.875. The molecule has 0 radical (unpaired) electrons. The van der Waals surface area contributed by atoms with Gasteiger partial charge in [-0.25, -0.2) is 4.98 Å². The Bertz CT molecular complexity index is 289. The summed E-state index contributed by atoms with van der Waals surface area (Å²) >= 11 is 1.44. The molecule has 1 atom stereocenters. The molecule has 1 N–H and O–H groups in total. The Balaban J connectivity index is 2.81. The number of hydrogen-bond acceptors (Lipinski definition) is 4. The van der Waals surface area contributed by atoms with E-state index in [0.29, 0.717) is 0 Å². The Kier molecular flexibility index (Phi) is 3.20. The van der Waals surface area contributed by atoms with Gasteiger partial charge in [-0.1, -0.05) is 6.92 Å². The van der Waals surface area contributed by atoms with Gasteiger partial charge in [0.1, 0.15) is 10.9 Å². The highest BCUT2D eigenvalue weighted by Gasteiger charge is 2.12. The fourth-order valence-corrected chi connectivity index (χ4v) is 1.76. The highest BCUT2D eigenvalue weighted by atomic mass is 32.1. The molecule has 1 heterocycles. The molecule has 0 aliphatic rings. The van der Waals surface area contributed by atoms with Gasteiger partial charge < -0.3 is 5.11 Å². The molecule has 0 bridgehead atoms. The van der Waals surface area contributed by atoms with Gasteiger partial charge in [-0.15, -0.1) is 11.3 Å². The number of aromatic nitrogens is 1. The van der Waals surface area contributed by atoms with Crippen molar-refractivity contribution >= 4 is 11.3 Å². The topological polar surface area (TPSA) is 56.9 Å². The van der Waals surface area contributed by atoms with Crippen molar-refractivity contribution in [3.05, 3.63) is 16.1 Å². The second-order valence-electron chi connectivity index (χ2n) is 2.39. The Hall–Kier alpha value is -0.920. The molecule has 1 aromatic rings. The van der Waals surface area contributed by atoms with Crippen LogP contribution in [0.15, 0.2) is 5.38 Å². The smallest absolute Gasteiger partial charge is 0.121 e. The first-order chi connectivity index (χ1) is 5.81. The number of nitrogens with zero attached hydrogens (tertiary/aromatic N) is 2. The van der Waals surface area contributed by atoms with Gasteiger partial charge in [0, 0.05) is 5.38 Å². The van der Waals surface area contributed by atoms with Gasteiger partial charge in [0.15, 0.2) is 0 Å². The van der Waals surface area contributed by atoms with E-state index in [1.165, 1.54) is 11.3 Å². The van der Waals surface area contributed by atoms with Crippen molar-refractivity contribution in [3.63, 3.8) is 0 Å². The van der Waals surface area contributed by atoms with Crippen LogP contribution in [0.2, 0.25) is 0 Å². The van der Waals surface area contributed by atoms with Gasteiger partial charge in [-0.05, 0) is 6.42 Å². The molecule has 0 aromatic carbocycles. The van der Waals surface area contributed by atoms with Gasteiger partial charge in [0.2, 0.25) is 0 Å². The van der Waals surface area contributed by atoms with Crippen molar-refractivity contribution in [1.29, 1.82) is 5.26 Å². The zero-order valence-corrected chi connectivity index (χ0v) is 7.64. The maximum absolute atomic E-state index is 8.81. The molecular formula is C8H10N2OS. The molecule has 4 heteroatoms. The molecule has 1 rings (SSSR count). The second-order valence-corrected chi connectivity index (χ2v) is 3.28. The molecule has 0 fully saturated rings. The number of aryl methyl sites for hydroxylation is 1. The van der Waals surface area contributed by atoms with E-state index in [4.69, 9.17) is 10.4 Å². The minimum absolute atomic E-state index is 0.146. The SMILES string of the molecule is CCc1csc(C(C#N)CO)n1. The third kappa shape index (κ3) is 1.81. The van der Waals surface area contributed by atoms with Crippen LogP contribution in [0.4, 0.5) is 0 Å². The molecule has 1 unspecified atom stereocenters. The largest absolute Gasteiger partial charge is 0.395 e. The second kappa shape index (κ2) is 4.19. The zero-order valence-electron chi connectivity index (χ0n) is 6.82. The Labute approximate surface area is 75.3 Å². The van der Waals surface area contributed by atoms with Crippen LogP contribution < -0.4 is 0 Å². The Morgan fingerprint density at radius 3 is 3.00 bits per heavy atom. The van der Waals surface area contributed by atoms with Crippen LogP contribution in [-0.2, 0) is 6.42 Å². The van der Waals surface area contributed by atoms with E-state index in [1.807, 2.05) is 18.4 Å². The third-order valence-electron chi connectivity index (χ3n) is 1.57. The predicted molar refractivity (Wildman–Crippen MR) is 46.9 cm³/mol. The minimum Gasteiger partial charge on any atom is -0.395 e. The Morgan fingerprint density at radius 1 is 1.83 bits per heavy atom. The van der Waals surface area contributed by atoms with Crippen LogP contribution >= 0.6 is 11.3 Å². The molecule has 12 heavy (non-hydrogen) atoms. The summed E-state index contributed by atoms with van der Waals surface area (Å²) in [6.45, 7) is 1.87. The van der Waals surface area contributed by atoms with E-state index in [1.54, 1.807) is 0 Å². The number of nitriles is 1. The van der Waals surface area contributed by atoms with Gasteiger partial charge >= 0.3 is 0 Å². The van der Waals surface area contributed by atoms with Crippen LogP contribution in [0.3, 0.4) is 0 Å². The maximum Gasteiger partial charge on any atom is 0.121 e. The number of hydrogen-bond donors (Lipinski definition) is 1. The molecule has 64 valence electrons. The molecule has 0 aliphatic heterocycles. The lowest BCUT2D eigenvalue weighted by Gasteiger charge is -1.97. The molecule has 0 saturated heterocycles. The minimum atomic E-state index is -0.449. The fourth-order valence-electron chi connectivity index (χ4n) is 0.819. The van der Waals surface area contributed by atoms with Crippen molar-refractivity contribution in [1.82, 2.24) is 4.98 Å². The highest BCUT2D eigenvalue weighted by molar-refractivity contribution is 7.09. The van der Waals surface area contributed by atoms with Crippen LogP contribution in [0.1, 0.15) is 23.5 Å². The average molecular weight is 182 g/mol. The van der Waals surface area contributed by atoms with Gasteiger partial charge in [-0.3, -0.25) is 0 Å². The van der Waals surface area contributed by atoms with Crippen molar-refractivity contribution < 1.29 is 5.11 Å². The first-order valence-corrected chi connectivity index (χ1v) is 4.64. The lowest BCUT2D eigenvalue weighted by molar-refractivity contribution is 0.285. The summed E-state index contributed by atoms with van der Waals surface area (Å²) in [7, 11) is 0. The number of rotatable bonds is 3. The summed E-state index contributed by atoms with van der Waals surface area (Å²) in [5, 5.41) is 20.1. The van der Waals surface area contributed by atoms with Crippen LogP contribution in [0, 0.1) is 11.3 Å². The number of aliphatic hydroxyl groups is 1. The maximum atomic E-state index is 8.81. The van der Waals surface area contributed by atoms with Crippen LogP contribution in [-0.4, -0.2) is 16.7 Å². The summed E-state index contributed by atoms with van der Waals surface area (Å²) in [4.78, 5) is 4.21. The average Bonchev–Trinajstić information content (AvgIpc) is 2.55. The normalized spacial score (nSPS) is 12.4. The first kappa shape index (κ1) is 9.17. The van der Waals surface area contributed by atoms with Crippen molar-refractivity contribution in [2.24, 2.45) is 0 Å². The lowest BCUT2D eigenvalue weighted by Crippen LogP contribution is -2.00. The molecular weight excluding hydrogens is 172 g/mol. The zero-order chi connectivity index (χ0) is 8.97. The van der Waals surface area contributed by atoms with Crippen molar-refractivity contribution in [2.75, 3.05) is 6.61 Å². The van der Waals surface area contributed by atoms with Gasteiger partial charge in [-0.2, -0.15) is 5.26 Å². The van der Waals surface area contributed by atoms with Gasteiger partial charge in [0.05, 0.1) is 18.4 Å². The standard InChI is InChI=1S/C8H10N2OS/c1-2-7-5-12-8(10-7)6(3-9)4-11/h5-6,11H,2,4H2,1H3. The van der Waals surface area contributed by atoms with E-state index in [9.17, 15) is 0 Å². The van der Waals surface area contributed by atoms with Crippen LogP contribution in [0.25, 0.3) is 0 Å². The molecule has 3 nitrogen and oxygen atoms in total. The quantitative estimate of drug-likeness (QED) is 0.766. The monoisotopic (exact) mass is 182 g/mol. The van der Waals surface area contributed by atoms with E-state index in [0.717, 1.165) is 17.1 Å². The lowest BCUT2D eigenvalue weighted by atomic mass is 10.2. The molecule has 1 aromatic heterocycles. The molecule has 0 saturated carbocycles. The summed E-state index contributed by atoms with van der Waals surface area (Å²) < 4.78 is 0. The van der Waals surface area contributed by atoms with E-state index in [-0.39, 0.29) is 6.61 Å². The fraction of sp³-hybridized carbons (Fsp3) is 0.500. The molecule has 0 spiro atoms. The summed E-state index contributed by atoms with van der Waals surface area (Å²) in [5.41, 5.74) is 0.990. The number of thiazole rings is 1. The summed E-state index contributed by atoms with van der Waals surface area (Å²) in [5.74, 6) is -0.449. The highest BCUT2D eigenvalue weighted by Crippen LogP contribution is 2.19. The molecule has 0 aliphatic carbocycles. The van der Waals surface area contributed by atoms with Crippen LogP contribution in [0.5, 0.6) is 0 Å². The van der Waals surface area contributed by atoms with Crippen molar-refractivity contribution in [3.8, 4) is 6.07 Å².